The Balaban J connectivity index is 1.87. The third-order valence-electron chi connectivity index (χ3n) is 2.25. The fourth-order valence-electron chi connectivity index (χ4n) is 1.38. The second kappa shape index (κ2) is 6.06. The molecule has 18 heavy (non-hydrogen) atoms. The van der Waals surface area contributed by atoms with Gasteiger partial charge in [0.1, 0.15) is 5.82 Å². The Morgan fingerprint density at radius 3 is 3.00 bits per heavy atom. The highest BCUT2D eigenvalue weighted by molar-refractivity contribution is 9.10. The Morgan fingerprint density at radius 1 is 1.50 bits per heavy atom. The summed E-state index contributed by atoms with van der Waals surface area (Å²) in [4.78, 5) is 12.8. The number of carbonyl (C=O) groups excluding carboxylic acids is 1. The first-order valence-corrected chi connectivity index (χ1v) is 7.09. The quantitative estimate of drug-likeness (QED) is 0.879. The van der Waals surface area contributed by atoms with Gasteiger partial charge in [0.25, 0.3) is 0 Å². The van der Waals surface area contributed by atoms with Gasteiger partial charge in [-0.2, -0.15) is 5.10 Å². The summed E-state index contributed by atoms with van der Waals surface area (Å²) in [5, 5.41) is 6.79. The van der Waals surface area contributed by atoms with Gasteiger partial charge in [0.05, 0.1) is 11.9 Å². The number of thioether (sulfide) groups is 1. The van der Waals surface area contributed by atoms with Crippen molar-refractivity contribution in [3.63, 3.8) is 0 Å². The van der Waals surface area contributed by atoms with Crippen molar-refractivity contribution in [2.75, 3.05) is 11.1 Å². The molecule has 0 bridgehead atoms. The zero-order valence-corrected chi connectivity index (χ0v) is 12.2. The van der Waals surface area contributed by atoms with Crippen molar-refractivity contribution in [2.45, 2.75) is 4.90 Å². The van der Waals surface area contributed by atoms with Crippen molar-refractivity contribution in [1.82, 2.24) is 9.78 Å². The van der Waals surface area contributed by atoms with E-state index >= 15 is 0 Å². The van der Waals surface area contributed by atoms with Crippen LogP contribution < -0.4 is 5.32 Å². The Hall–Kier alpha value is -1.27. The highest BCUT2D eigenvalue weighted by Crippen LogP contribution is 2.21. The molecule has 0 saturated heterocycles. The smallest absolute Gasteiger partial charge is 0.235 e. The standard InChI is InChI=1S/C12H12BrN3OS/c1-16-11(5-6-14-16)15-12(17)8-18-10-4-2-3-9(13)7-10/h2-7H,8H2,1H3,(H,15,17). The van der Waals surface area contributed by atoms with Gasteiger partial charge >= 0.3 is 0 Å². The monoisotopic (exact) mass is 325 g/mol. The van der Waals surface area contributed by atoms with Crippen LogP contribution in [-0.2, 0) is 11.8 Å². The van der Waals surface area contributed by atoms with Crippen molar-refractivity contribution < 1.29 is 4.79 Å². The summed E-state index contributed by atoms with van der Waals surface area (Å²) in [5.74, 6) is 1.04. The summed E-state index contributed by atoms with van der Waals surface area (Å²) >= 11 is 4.90. The zero-order valence-electron chi connectivity index (χ0n) is 9.76. The minimum atomic E-state index is -0.0384. The maximum atomic E-state index is 11.7. The first-order chi connectivity index (χ1) is 8.65. The van der Waals surface area contributed by atoms with E-state index in [2.05, 4.69) is 26.3 Å². The number of nitrogens with one attached hydrogen (secondary N) is 1. The van der Waals surface area contributed by atoms with E-state index in [1.54, 1.807) is 24.0 Å². The van der Waals surface area contributed by atoms with E-state index in [0.717, 1.165) is 9.37 Å². The molecule has 0 radical (unpaired) electrons. The minimum absolute atomic E-state index is 0.0384. The van der Waals surface area contributed by atoms with E-state index in [4.69, 9.17) is 0 Å². The maximum absolute atomic E-state index is 11.7. The molecule has 2 aromatic rings. The van der Waals surface area contributed by atoms with Crippen LogP contribution in [0, 0.1) is 0 Å². The third-order valence-corrected chi connectivity index (χ3v) is 3.74. The average molecular weight is 326 g/mol. The van der Waals surface area contributed by atoms with Crippen LogP contribution in [0.5, 0.6) is 0 Å². The molecule has 1 heterocycles. The summed E-state index contributed by atoms with van der Waals surface area (Å²) in [6.45, 7) is 0. The molecule has 1 N–H and O–H groups in total. The second-order valence-corrected chi connectivity index (χ2v) is 5.60. The van der Waals surface area contributed by atoms with Crippen LogP contribution in [-0.4, -0.2) is 21.4 Å². The molecule has 1 amide bonds. The lowest BCUT2D eigenvalue weighted by atomic mass is 10.4. The summed E-state index contributed by atoms with van der Waals surface area (Å²) in [6, 6.07) is 9.64. The average Bonchev–Trinajstić information content (AvgIpc) is 2.73. The first-order valence-electron chi connectivity index (χ1n) is 5.31. The number of aryl methyl sites for hydroxylation is 1. The number of hydrogen-bond donors (Lipinski definition) is 1. The first kappa shape index (κ1) is 13.2. The predicted octanol–water partition coefficient (Wildman–Crippen LogP) is 2.91. The van der Waals surface area contributed by atoms with Crippen LogP contribution in [0.2, 0.25) is 0 Å². The zero-order chi connectivity index (χ0) is 13.0. The van der Waals surface area contributed by atoms with Gasteiger partial charge in [0, 0.05) is 22.5 Å². The van der Waals surface area contributed by atoms with Crippen molar-refractivity contribution in [3.05, 3.63) is 41.0 Å². The molecule has 0 aliphatic rings. The number of carbonyl (C=O) groups is 1. The summed E-state index contributed by atoms with van der Waals surface area (Å²) in [6.07, 6.45) is 1.65. The Labute approximate surface area is 118 Å². The van der Waals surface area contributed by atoms with Crippen LogP contribution in [0.3, 0.4) is 0 Å². The van der Waals surface area contributed by atoms with Crippen LogP contribution >= 0.6 is 27.7 Å². The van der Waals surface area contributed by atoms with Crippen LogP contribution in [0.25, 0.3) is 0 Å². The van der Waals surface area contributed by atoms with Gasteiger partial charge in [-0.1, -0.05) is 22.0 Å². The van der Waals surface area contributed by atoms with Crippen LogP contribution in [0.15, 0.2) is 45.9 Å². The van der Waals surface area contributed by atoms with E-state index < -0.39 is 0 Å². The number of nitrogens with zero attached hydrogens (tertiary/aromatic N) is 2. The molecule has 1 aromatic heterocycles. The van der Waals surface area contributed by atoms with Crippen molar-refractivity contribution in [2.24, 2.45) is 7.05 Å². The molecule has 0 aliphatic heterocycles. The summed E-state index contributed by atoms with van der Waals surface area (Å²) in [7, 11) is 1.79. The van der Waals surface area contributed by atoms with Gasteiger partial charge in [-0.15, -0.1) is 11.8 Å². The molecule has 4 nitrogen and oxygen atoms in total. The van der Waals surface area contributed by atoms with E-state index in [1.165, 1.54) is 11.8 Å². The van der Waals surface area contributed by atoms with Gasteiger partial charge in [0.15, 0.2) is 0 Å². The lowest BCUT2D eigenvalue weighted by molar-refractivity contribution is -0.113. The Kier molecular flexibility index (Phi) is 4.43. The number of halogens is 1. The Bertz CT molecular complexity index is 556. The molecule has 0 saturated carbocycles. The van der Waals surface area contributed by atoms with Gasteiger partial charge in [0.2, 0.25) is 5.91 Å². The molecule has 0 atom stereocenters. The SMILES string of the molecule is Cn1nccc1NC(=O)CSc1cccc(Br)c1. The summed E-state index contributed by atoms with van der Waals surface area (Å²) < 4.78 is 2.64. The second-order valence-electron chi connectivity index (χ2n) is 3.63. The van der Waals surface area contributed by atoms with Crippen molar-refractivity contribution in [1.29, 1.82) is 0 Å². The molecule has 0 aliphatic carbocycles. The third kappa shape index (κ3) is 3.61. The number of anilines is 1. The summed E-state index contributed by atoms with van der Waals surface area (Å²) in [5.41, 5.74) is 0. The fourth-order valence-corrected chi connectivity index (χ4v) is 2.69. The van der Waals surface area contributed by atoms with E-state index in [1.807, 2.05) is 24.3 Å². The van der Waals surface area contributed by atoms with E-state index in [9.17, 15) is 4.79 Å². The van der Waals surface area contributed by atoms with Gasteiger partial charge in [-0.25, -0.2) is 0 Å². The fraction of sp³-hybridized carbons (Fsp3) is 0.167. The maximum Gasteiger partial charge on any atom is 0.235 e. The van der Waals surface area contributed by atoms with Gasteiger partial charge < -0.3 is 5.32 Å². The van der Waals surface area contributed by atoms with E-state index in [0.29, 0.717) is 11.6 Å². The number of benzene rings is 1. The van der Waals surface area contributed by atoms with Crippen LogP contribution in [0.1, 0.15) is 0 Å². The molecular formula is C12H12BrN3OS. The van der Waals surface area contributed by atoms with Gasteiger partial charge in [-0.3, -0.25) is 9.48 Å². The van der Waals surface area contributed by atoms with Gasteiger partial charge in [-0.05, 0) is 18.2 Å². The normalized spacial score (nSPS) is 10.3. The predicted molar refractivity (Wildman–Crippen MR) is 76.7 cm³/mol. The number of amides is 1. The number of rotatable bonds is 4. The number of hydrogen-bond acceptors (Lipinski definition) is 3. The largest absolute Gasteiger partial charge is 0.310 e. The molecule has 94 valence electrons. The molecule has 6 heteroatoms. The molecule has 0 fully saturated rings. The Morgan fingerprint density at radius 2 is 2.33 bits per heavy atom. The molecule has 0 unspecified atom stereocenters. The molecule has 0 spiro atoms. The van der Waals surface area contributed by atoms with E-state index in [-0.39, 0.29) is 5.91 Å². The molecular weight excluding hydrogens is 314 g/mol. The van der Waals surface area contributed by atoms with Crippen molar-refractivity contribution in [3.8, 4) is 0 Å². The highest BCUT2D eigenvalue weighted by atomic mass is 79.9. The molecule has 1 aromatic carbocycles. The number of aromatic nitrogens is 2. The highest BCUT2D eigenvalue weighted by Gasteiger charge is 2.06. The van der Waals surface area contributed by atoms with Crippen molar-refractivity contribution >= 4 is 39.4 Å². The molecule has 2 rings (SSSR count). The van der Waals surface area contributed by atoms with Crippen LogP contribution in [0.4, 0.5) is 5.82 Å². The topological polar surface area (TPSA) is 46.9 Å². The lowest BCUT2D eigenvalue weighted by Gasteiger charge is -2.05. The minimum Gasteiger partial charge on any atom is -0.310 e. The lowest BCUT2D eigenvalue weighted by Crippen LogP contribution is -2.16.